The molecule has 0 unspecified atom stereocenters. The molecule has 1 aromatic carbocycles. The molecule has 7 nitrogen and oxygen atoms in total. The Bertz CT molecular complexity index is 1100. The summed E-state index contributed by atoms with van der Waals surface area (Å²) in [5, 5.41) is 16.7. The molecule has 0 spiro atoms. The van der Waals surface area contributed by atoms with Gasteiger partial charge in [0.15, 0.2) is 5.65 Å². The van der Waals surface area contributed by atoms with Gasteiger partial charge in [-0.2, -0.15) is 9.61 Å². The highest BCUT2D eigenvalue weighted by Gasteiger charge is 2.12. The van der Waals surface area contributed by atoms with Gasteiger partial charge in [0.25, 0.3) is 0 Å². The van der Waals surface area contributed by atoms with Gasteiger partial charge in [-0.1, -0.05) is 29.4 Å². The lowest BCUT2D eigenvalue weighted by atomic mass is 10.2. The highest BCUT2D eigenvalue weighted by molar-refractivity contribution is 7.99. The van der Waals surface area contributed by atoms with E-state index in [0.29, 0.717) is 21.5 Å². The molecule has 134 valence electrons. The molecule has 3 heterocycles. The van der Waals surface area contributed by atoms with E-state index in [1.165, 1.54) is 11.8 Å². The molecule has 4 aromatic rings. The minimum atomic E-state index is -0.164. The van der Waals surface area contributed by atoms with Gasteiger partial charge in [0, 0.05) is 28.7 Å². The number of thioether (sulfide) groups is 1. The first kappa shape index (κ1) is 17.4. The average molecular weight is 397 g/mol. The molecule has 4 rings (SSSR count). The number of amides is 1. The second-order valence-corrected chi connectivity index (χ2v) is 6.94. The number of carbonyl (C=O) groups is 1. The van der Waals surface area contributed by atoms with E-state index in [0.717, 1.165) is 11.3 Å². The van der Waals surface area contributed by atoms with E-state index in [-0.39, 0.29) is 11.7 Å². The van der Waals surface area contributed by atoms with Crippen LogP contribution < -0.4 is 5.32 Å². The molecule has 0 bridgehead atoms. The van der Waals surface area contributed by atoms with Crippen LogP contribution in [0, 0.1) is 0 Å². The van der Waals surface area contributed by atoms with Crippen LogP contribution in [0.1, 0.15) is 0 Å². The van der Waals surface area contributed by atoms with Gasteiger partial charge < -0.3 is 5.32 Å². The van der Waals surface area contributed by atoms with E-state index < -0.39 is 0 Å². The van der Waals surface area contributed by atoms with E-state index in [1.807, 2.05) is 24.3 Å². The third-order valence-electron chi connectivity index (χ3n) is 3.63. The number of aromatic nitrogens is 5. The highest BCUT2D eigenvalue weighted by atomic mass is 35.5. The molecule has 0 aliphatic rings. The summed E-state index contributed by atoms with van der Waals surface area (Å²) in [6, 6.07) is 14.5. The fraction of sp³-hybridized carbons (Fsp3) is 0.0556. The van der Waals surface area contributed by atoms with Crippen molar-refractivity contribution in [1.29, 1.82) is 0 Å². The Labute approximate surface area is 163 Å². The number of rotatable bonds is 5. The summed E-state index contributed by atoms with van der Waals surface area (Å²) in [5.74, 6) is 0.00831. The van der Waals surface area contributed by atoms with E-state index in [1.54, 1.807) is 41.2 Å². The van der Waals surface area contributed by atoms with Crippen molar-refractivity contribution >= 4 is 40.6 Å². The van der Waals surface area contributed by atoms with Gasteiger partial charge in [-0.15, -0.1) is 10.2 Å². The molecular weight excluding hydrogens is 384 g/mol. The van der Waals surface area contributed by atoms with Crippen LogP contribution in [0.5, 0.6) is 0 Å². The molecule has 0 saturated carbocycles. The Kier molecular flexibility index (Phi) is 4.99. The van der Waals surface area contributed by atoms with Crippen molar-refractivity contribution in [3.63, 3.8) is 0 Å². The normalized spacial score (nSPS) is 10.9. The molecular formula is C18H13ClN6OS. The molecule has 0 aliphatic carbocycles. The summed E-state index contributed by atoms with van der Waals surface area (Å²) in [6.45, 7) is 0. The zero-order valence-electron chi connectivity index (χ0n) is 13.9. The summed E-state index contributed by atoms with van der Waals surface area (Å²) < 4.78 is 1.62. The minimum absolute atomic E-state index is 0.164. The Balaban J connectivity index is 1.49. The number of hydrogen-bond acceptors (Lipinski definition) is 6. The number of hydrogen-bond donors (Lipinski definition) is 1. The molecule has 3 aromatic heterocycles. The Morgan fingerprint density at radius 3 is 2.89 bits per heavy atom. The van der Waals surface area contributed by atoms with Crippen LogP contribution >= 0.6 is 23.4 Å². The van der Waals surface area contributed by atoms with Crippen molar-refractivity contribution in [2.75, 3.05) is 11.1 Å². The van der Waals surface area contributed by atoms with Crippen LogP contribution in [0.25, 0.3) is 16.9 Å². The van der Waals surface area contributed by atoms with Gasteiger partial charge in [0.1, 0.15) is 0 Å². The minimum Gasteiger partial charge on any atom is -0.325 e. The van der Waals surface area contributed by atoms with Crippen molar-refractivity contribution in [2.45, 2.75) is 5.16 Å². The zero-order valence-corrected chi connectivity index (χ0v) is 15.5. The topological polar surface area (TPSA) is 85.1 Å². The number of pyridine rings is 1. The van der Waals surface area contributed by atoms with E-state index in [9.17, 15) is 4.79 Å². The fourth-order valence-electron chi connectivity index (χ4n) is 2.42. The van der Waals surface area contributed by atoms with Crippen LogP contribution in [0.4, 0.5) is 5.69 Å². The predicted molar refractivity (Wildman–Crippen MR) is 105 cm³/mol. The van der Waals surface area contributed by atoms with E-state index in [2.05, 4.69) is 25.6 Å². The molecule has 9 heteroatoms. The molecule has 0 aliphatic heterocycles. The Morgan fingerprint density at radius 2 is 2.07 bits per heavy atom. The summed E-state index contributed by atoms with van der Waals surface area (Å²) in [5.41, 5.74) is 2.90. The van der Waals surface area contributed by atoms with Crippen LogP contribution in [0.15, 0.2) is 66.1 Å². The van der Waals surface area contributed by atoms with Gasteiger partial charge in [0.05, 0.1) is 11.4 Å². The number of fused-ring (bicyclic) bond motifs is 1. The molecule has 1 N–H and O–H groups in total. The largest absolute Gasteiger partial charge is 0.325 e. The second kappa shape index (κ2) is 7.73. The lowest BCUT2D eigenvalue weighted by molar-refractivity contribution is -0.113. The smallest absolute Gasteiger partial charge is 0.234 e. The Hall–Kier alpha value is -2.97. The quantitative estimate of drug-likeness (QED) is 0.519. The van der Waals surface area contributed by atoms with Crippen LogP contribution in [-0.4, -0.2) is 36.5 Å². The van der Waals surface area contributed by atoms with E-state index >= 15 is 0 Å². The van der Waals surface area contributed by atoms with Crippen molar-refractivity contribution in [1.82, 2.24) is 24.8 Å². The van der Waals surface area contributed by atoms with Gasteiger partial charge in [-0.25, -0.2) is 0 Å². The maximum atomic E-state index is 12.2. The maximum Gasteiger partial charge on any atom is 0.234 e. The molecule has 1 amide bonds. The molecule has 0 saturated heterocycles. The zero-order chi connectivity index (χ0) is 18.6. The number of anilines is 1. The maximum absolute atomic E-state index is 12.2. The molecule has 0 radical (unpaired) electrons. The first-order chi connectivity index (χ1) is 13.2. The number of halogens is 1. The molecule has 0 atom stereocenters. The predicted octanol–water partition coefficient (Wildman–Crippen LogP) is 3.57. The van der Waals surface area contributed by atoms with Crippen molar-refractivity contribution < 1.29 is 4.79 Å². The number of carbonyl (C=O) groups excluding carboxylic acids is 1. The van der Waals surface area contributed by atoms with Crippen molar-refractivity contribution in [3.8, 4) is 11.3 Å². The Morgan fingerprint density at radius 1 is 1.15 bits per heavy atom. The lowest BCUT2D eigenvalue weighted by Crippen LogP contribution is -2.14. The van der Waals surface area contributed by atoms with Gasteiger partial charge in [0.2, 0.25) is 11.1 Å². The summed E-state index contributed by atoms with van der Waals surface area (Å²) in [6.07, 6.45) is 3.45. The third-order valence-corrected chi connectivity index (χ3v) is 4.79. The molecule has 27 heavy (non-hydrogen) atoms. The SMILES string of the molecule is O=C(CSc1nnc2ccc(-c3cccnc3)nn12)Nc1cccc(Cl)c1. The fourth-order valence-corrected chi connectivity index (χ4v) is 3.30. The van der Waals surface area contributed by atoms with Crippen molar-refractivity contribution in [2.24, 2.45) is 0 Å². The van der Waals surface area contributed by atoms with Gasteiger partial charge >= 0.3 is 0 Å². The van der Waals surface area contributed by atoms with Crippen LogP contribution in [-0.2, 0) is 4.79 Å². The number of nitrogens with one attached hydrogen (secondary N) is 1. The van der Waals surface area contributed by atoms with Crippen LogP contribution in [0.2, 0.25) is 5.02 Å². The van der Waals surface area contributed by atoms with E-state index in [4.69, 9.17) is 11.6 Å². The average Bonchev–Trinajstić information content (AvgIpc) is 3.09. The summed E-state index contributed by atoms with van der Waals surface area (Å²) in [7, 11) is 0. The monoisotopic (exact) mass is 396 g/mol. The molecule has 0 fully saturated rings. The van der Waals surface area contributed by atoms with Gasteiger partial charge in [-0.3, -0.25) is 9.78 Å². The summed E-state index contributed by atoms with van der Waals surface area (Å²) in [4.78, 5) is 16.3. The van der Waals surface area contributed by atoms with Gasteiger partial charge in [-0.05, 0) is 42.5 Å². The second-order valence-electron chi connectivity index (χ2n) is 5.56. The first-order valence-corrected chi connectivity index (χ1v) is 9.36. The highest BCUT2D eigenvalue weighted by Crippen LogP contribution is 2.21. The third kappa shape index (κ3) is 4.07. The lowest BCUT2D eigenvalue weighted by Gasteiger charge is -2.05. The standard InChI is InChI=1S/C18H13ClN6OS/c19-13-4-1-5-14(9-13)21-17(26)11-27-18-23-22-16-7-6-15(24-25(16)18)12-3-2-8-20-10-12/h1-10H,11H2,(H,21,26). The van der Waals surface area contributed by atoms with Crippen LogP contribution in [0.3, 0.4) is 0 Å². The van der Waals surface area contributed by atoms with Crippen molar-refractivity contribution in [3.05, 3.63) is 65.9 Å². The summed E-state index contributed by atoms with van der Waals surface area (Å²) >= 11 is 7.18. The number of nitrogens with zero attached hydrogens (tertiary/aromatic N) is 5. The number of benzene rings is 1. The first-order valence-electron chi connectivity index (χ1n) is 8.00.